The lowest BCUT2D eigenvalue weighted by Crippen LogP contribution is -2.29. The number of methoxy groups -OCH3 is 1. The van der Waals surface area contributed by atoms with Crippen LogP contribution in [-0.4, -0.2) is 32.6 Å². The third kappa shape index (κ3) is 3.30. The number of nitrogen functional groups attached to an aromatic ring is 1. The number of aromatic nitrogens is 4. The summed E-state index contributed by atoms with van der Waals surface area (Å²) in [6.07, 6.45) is 0.194. The first-order chi connectivity index (χ1) is 12.4. The number of carbonyl (C=O) groups excluding carboxylic acids is 1. The molecule has 0 aliphatic rings. The van der Waals surface area contributed by atoms with Gasteiger partial charge in [-0.3, -0.25) is 4.79 Å². The molecule has 0 saturated carbocycles. The van der Waals surface area contributed by atoms with Gasteiger partial charge in [0.25, 0.3) is 5.78 Å². The molecule has 3 aromatic rings. The van der Waals surface area contributed by atoms with Crippen molar-refractivity contribution in [3.63, 3.8) is 0 Å². The maximum Gasteiger partial charge on any atom is 0.254 e. The molecule has 0 unspecified atom stereocenters. The Morgan fingerprint density at radius 1 is 1.31 bits per heavy atom. The molecule has 0 bridgehead atoms. The van der Waals surface area contributed by atoms with Gasteiger partial charge < -0.3 is 15.8 Å². The Labute approximate surface area is 151 Å². The summed E-state index contributed by atoms with van der Waals surface area (Å²) in [6.45, 7) is 5.65. The quantitative estimate of drug-likeness (QED) is 0.723. The van der Waals surface area contributed by atoms with Crippen LogP contribution in [0.15, 0.2) is 24.3 Å². The number of nitrogens with zero attached hydrogens (tertiary/aromatic N) is 4. The van der Waals surface area contributed by atoms with Gasteiger partial charge >= 0.3 is 0 Å². The number of carbonyl (C=O) groups is 1. The van der Waals surface area contributed by atoms with Crippen molar-refractivity contribution in [2.24, 2.45) is 0 Å². The Hall–Kier alpha value is -3.16. The van der Waals surface area contributed by atoms with Crippen LogP contribution >= 0.6 is 0 Å². The summed E-state index contributed by atoms with van der Waals surface area (Å²) in [5, 5.41) is 7.14. The fraction of sp³-hybridized carbons (Fsp3) is 0.333. The Kier molecular flexibility index (Phi) is 4.75. The summed E-state index contributed by atoms with van der Waals surface area (Å²) in [4.78, 5) is 21.0. The normalized spacial score (nSPS) is 12.2. The molecule has 2 aromatic heterocycles. The predicted molar refractivity (Wildman–Crippen MR) is 97.9 cm³/mol. The summed E-state index contributed by atoms with van der Waals surface area (Å²) in [7, 11) is 1.62. The molecule has 1 aromatic carbocycles. The van der Waals surface area contributed by atoms with E-state index in [1.807, 2.05) is 45.0 Å². The number of nitrogens with two attached hydrogens (primary N) is 1. The zero-order chi connectivity index (χ0) is 18.8. The van der Waals surface area contributed by atoms with Crippen LogP contribution in [0.3, 0.4) is 0 Å². The second-order valence-corrected chi connectivity index (χ2v) is 6.15. The Balaban J connectivity index is 1.81. The average molecular weight is 354 g/mol. The molecule has 0 aliphatic carbocycles. The van der Waals surface area contributed by atoms with Gasteiger partial charge in [0, 0.05) is 22.5 Å². The number of amides is 1. The Morgan fingerprint density at radius 3 is 2.77 bits per heavy atom. The highest BCUT2D eigenvalue weighted by Crippen LogP contribution is 2.24. The number of anilines is 1. The van der Waals surface area contributed by atoms with E-state index in [0.717, 1.165) is 28.3 Å². The zero-order valence-electron chi connectivity index (χ0n) is 15.3. The van der Waals surface area contributed by atoms with Crippen LogP contribution < -0.4 is 15.8 Å². The number of rotatable bonds is 5. The summed E-state index contributed by atoms with van der Waals surface area (Å²) in [6, 6.07) is 7.44. The Morgan fingerprint density at radius 2 is 2.04 bits per heavy atom. The molecule has 0 fully saturated rings. The lowest BCUT2D eigenvalue weighted by molar-refractivity contribution is -0.121. The van der Waals surface area contributed by atoms with E-state index in [0.29, 0.717) is 5.78 Å². The molecule has 8 heteroatoms. The molecule has 1 atom stereocenters. The fourth-order valence-corrected chi connectivity index (χ4v) is 3.03. The van der Waals surface area contributed by atoms with Gasteiger partial charge in [-0.1, -0.05) is 18.2 Å². The van der Waals surface area contributed by atoms with Gasteiger partial charge in [-0.2, -0.15) is 9.50 Å². The topological polar surface area (TPSA) is 107 Å². The van der Waals surface area contributed by atoms with Gasteiger partial charge in [0.2, 0.25) is 11.9 Å². The summed E-state index contributed by atoms with van der Waals surface area (Å²) in [5.74, 6) is 1.23. The van der Waals surface area contributed by atoms with Crippen molar-refractivity contribution in [2.75, 3.05) is 12.8 Å². The van der Waals surface area contributed by atoms with Crippen LogP contribution in [0.1, 0.15) is 35.5 Å². The van der Waals surface area contributed by atoms with E-state index in [1.165, 1.54) is 0 Å². The second-order valence-electron chi connectivity index (χ2n) is 6.15. The van der Waals surface area contributed by atoms with Gasteiger partial charge in [-0.15, -0.1) is 5.10 Å². The minimum absolute atomic E-state index is 0.108. The molecule has 26 heavy (non-hydrogen) atoms. The van der Waals surface area contributed by atoms with Crippen LogP contribution in [0.4, 0.5) is 5.95 Å². The van der Waals surface area contributed by atoms with Gasteiger partial charge in [-0.25, -0.2) is 4.98 Å². The number of hydrogen-bond donors (Lipinski definition) is 2. The largest absolute Gasteiger partial charge is 0.496 e. The molecule has 0 radical (unpaired) electrons. The molecular formula is C18H22N6O2. The number of aryl methyl sites for hydroxylation is 2. The third-order valence-corrected chi connectivity index (χ3v) is 4.39. The van der Waals surface area contributed by atoms with E-state index in [-0.39, 0.29) is 24.3 Å². The lowest BCUT2D eigenvalue weighted by Gasteiger charge is -2.18. The molecule has 0 aliphatic heterocycles. The van der Waals surface area contributed by atoms with Crippen LogP contribution in [0.5, 0.6) is 5.75 Å². The summed E-state index contributed by atoms with van der Waals surface area (Å²) >= 11 is 0. The maximum atomic E-state index is 12.6. The molecule has 0 saturated heterocycles. The predicted octanol–water partition coefficient (Wildman–Crippen LogP) is 1.75. The SMILES string of the molecule is COc1ccccc1[C@H](C)NC(=O)Cc1c(C)nc2nc(N)nn2c1C. The van der Waals surface area contributed by atoms with Gasteiger partial charge in [0.15, 0.2) is 0 Å². The molecular weight excluding hydrogens is 332 g/mol. The fourth-order valence-electron chi connectivity index (χ4n) is 3.03. The van der Waals surface area contributed by atoms with E-state index in [4.69, 9.17) is 10.5 Å². The molecule has 136 valence electrons. The van der Waals surface area contributed by atoms with Crippen molar-refractivity contribution in [1.82, 2.24) is 24.9 Å². The number of para-hydroxylation sites is 1. The van der Waals surface area contributed by atoms with E-state index in [9.17, 15) is 4.79 Å². The first kappa shape index (κ1) is 17.7. The van der Waals surface area contributed by atoms with Crippen molar-refractivity contribution >= 4 is 17.6 Å². The standard InChI is InChI=1S/C18H22N6O2/c1-10(13-7-5-6-8-15(13)26-4)20-16(25)9-14-11(2)21-18-22-17(19)23-24(18)12(14)3/h5-8,10H,9H2,1-4H3,(H2,19,23)(H,20,25)/t10-/m0/s1. The highest BCUT2D eigenvalue weighted by atomic mass is 16.5. The van der Waals surface area contributed by atoms with Crippen molar-refractivity contribution in [3.8, 4) is 5.75 Å². The molecule has 0 spiro atoms. The van der Waals surface area contributed by atoms with Crippen LogP contribution in [0, 0.1) is 13.8 Å². The highest BCUT2D eigenvalue weighted by Gasteiger charge is 2.18. The molecule has 3 N–H and O–H groups in total. The van der Waals surface area contributed by atoms with Crippen molar-refractivity contribution in [2.45, 2.75) is 33.2 Å². The third-order valence-electron chi connectivity index (χ3n) is 4.39. The van der Waals surface area contributed by atoms with Crippen LogP contribution in [0.2, 0.25) is 0 Å². The van der Waals surface area contributed by atoms with Crippen LogP contribution in [-0.2, 0) is 11.2 Å². The zero-order valence-corrected chi connectivity index (χ0v) is 15.3. The summed E-state index contributed by atoms with van der Waals surface area (Å²) < 4.78 is 6.93. The second kappa shape index (κ2) is 6.99. The lowest BCUT2D eigenvalue weighted by atomic mass is 10.1. The van der Waals surface area contributed by atoms with Gasteiger partial charge in [-0.05, 0) is 26.8 Å². The van der Waals surface area contributed by atoms with E-state index in [1.54, 1.807) is 11.6 Å². The molecule has 8 nitrogen and oxygen atoms in total. The molecule has 3 rings (SSSR count). The molecule has 1 amide bonds. The smallest absolute Gasteiger partial charge is 0.254 e. The van der Waals surface area contributed by atoms with E-state index in [2.05, 4.69) is 20.4 Å². The first-order valence-electron chi connectivity index (χ1n) is 8.31. The van der Waals surface area contributed by atoms with Crippen molar-refractivity contribution < 1.29 is 9.53 Å². The minimum Gasteiger partial charge on any atom is -0.496 e. The summed E-state index contributed by atoms with van der Waals surface area (Å²) in [5.41, 5.74) is 8.92. The number of fused-ring (bicyclic) bond motifs is 1. The minimum atomic E-state index is -0.182. The maximum absolute atomic E-state index is 12.6. The Bertz CT molecular complexity index is 966. The monoisotopic (exact) mass is 354 g/mol. The van der Waals surface area contributed by atoms with Crippen molar-refractivity contribution in [3.05, 3.63) is 46.8 Å². The van der Waals surface area contributed by atoms with E-state index >= 15 is 0 Å². The number of ether oxygens (including phenoxy) is 1. The highest BCUT2D eigenvalue weighted by molar-refractivity contribution is 5.79. The van der Waals surface area contributed by atoms with Gasteiger partial charge in [0.05, 0.1) is 19.6 Å². The number of benzene rings is 1. The van der Waals surface area contributed by atoms with Crippen LogP contribution in [0.25, 0.3) is 5.78 Å². The number of hydrogen-bond acceptors (Lipinski definition) is 6. The number of nitrogens with one attached hydrogen (secondary N) is 1. The van der Waals surface area contributed by atoms with Crippen molar-refractivity contribution in [1.29, 1.82) is 0 Å². The molecule has 2 heterocycles. The van der Waals surface area contributed by atoms with Gasteiger partial charge in [0.1, 0.15) is 5.75 Å². The first-order valence-corrected chi connectivity index (χ1v) is 8.31. The van der Waals surface area contributed by atoms with E-state index < -0.39 is 0 Å². The average Bonchev–Trinajstić information content (AvgIpc) is 2.98.